The summed E-state index contributed by atoms with van der Waals surface area (Å²) in [6.07, 6.45) is 0. The van der Waals surface area contributed by atoms with Crippen LogP contribution in [0.15, 0.2) is 72.8 Å². The van der Waals surface area contributed by atoms with Crippen molar-refractivity contribution in [1.82, 2.24) is 15.0 Å². The summed E-state index contributed by atoms with van der Waals surface area (Å²) >= 11 is 0. The van der Waals surface area contributed by atoms with Crippen molar-refractivity contribution in [1.29, 1.82) is 0 Å². The first-order chi connectivity index (χ1) is 13.3. The van der Waals surface area contributed by atoms with Gasteiger partial charge in [0.1, 0.15) is 0 Å². The highest BCUT2D eigenvalue weighted by Gasteiger charge is 2.12. The van der Waals surface area contributed by atoms with Crippen LogP contribution in [0.2, 0.25) is 0 Å². The fraction of sp³-hybridized carbons (Fsp3) is 0. The SMILES string of the molecule is c1ccc2c(c1)[nH]c1cc3c(cc12)[nH]c1cc2[nH]c4ccccc4c2cc13. The van der Waals surface area contributed by atoms with Crippen molar-refractivity contribution in [2.75, 3.05) is 0 Å². The van der Waals surface area contributed by atoms with Crippen LogP contribution >= 0.6 is 0 Å². The van der Waals surface area contributed by atoms with Crippen molar-refractivity contribution >= 4 is 65.4 Å². The monoisotopic (exact) mass is 345 g/mol. The quantitative estimate of drug-likeness (QED) is 0.278. The lowest BCUT2D eigenvalue weighted by Gasteiger charge is -1.95. The Bertz CT molecular complexity index is 1670. The third-order valence-corrected chi connectivity index (χ3v) is 5.85. The van der Waals surface area contributed by atoms with Crippen molar-refractivity contribution < 1.29 is 0 Å². The predicted molar refractivity (Wildman–Crippen MR) is 115 cm³/mol. The fourth-order valence-electron chi connectivity index (χ4n) is 4.59. The molecule has 3 heterocycles. The molecule has 3 N–H and O–H groups in total. The molecule has 0 bridgehead atoms. The molecule has 0 unspecified atom stereocenters. The molecule has 0 aliphatic carbocycles. The van der Waals surface area contributed by atoms with Crippen LogP contribution in [0.5, 0.6) is 0 Å². The van der Waals surface area contributed by atoms with E-state index in [1.165, 1.54) is 65.4 Å². The number of para-hydroxylation sites is 2. The van der Waals surface area contributed by atoms with E-state index in [0.717, 1.165) is 0 Å². The number of hydrogen-bond acceptors (Lipinski definition) is 0. The number of fused-ring (bicyclic) bond motifs is 9. The maximum Gasteiger partial charge on any atom is 0.0486 e. The number of aromatic nitrogens is 3. The van der Waals surface area contributed by atoms with Crippen LogP contribution < -0.4 is 0 Å². The third kappa shape index (κ3) is 1.66. The molecule has 0 saturated heterocycles. The Hall–Kier alpha value is -3.72. The van der Waals surface area contributed by atoms with E-state index < -0.39 is 0 Å². The van der Waals surface area contributed by atoms with Gasteiger partial charge in [0.2, 0.25) is 0 Å². The van der Waals surface area contributed by atoms with Gasteiger partial charge >= 0.3 is 0 Å². The van der Waals surface area contributed by atoms with Crippen LogP contribution in [0, 0.1) is 0 Å². The van der Waals surface area contributed by atoms with Gasteiger partial charge in [-0.05, 0) is 36.4 Å². The number of benzene rings is 4. The molecule has 0 amide bonds. The van der Waals surface area contributed by atoms with Crippen LogP contribution in [0.4, 0.5) is 0 Å². The van der Waals surface area contributed by atoms with Crippen molar-refractivity contribution in [3.05, 3.63) is 72.8 Å². The fourth-order valence-corrected chi connectivity index (χ4v) is 4.59. The first-order valence-electron chi connectivity index (χ1n) is 9.21. The standard InChI is InChI=1S/C24H15N3/c1-3-7-19-13(5-1)15-9-16-18-11-21-17(14-6-2-4-8-20(14)25-21)10-22(18)27-24(16)12-23(15)26-19/h1-12,25-27H. The van der Waals surface area contributed by atoms with Crippen molar-refractivity contribution in [3.8, 4) is 0 Å². The zero-order valence-corrected chi connectivity index (χ0v) is 14.4. The molecular weight excluding hydrogens is 330 g/mol. The minimum Gasteiger partial charge on any atom is -0.354 e. The molecule has 0 aliphatic heterocycles. The molecule has 3 aromatic heterocycles. The van der Waals surface area contributed by atoms with E-state index in [4.69, 9.17) is 0 Å². The Morgan fingerprint density at radius 3 is 1.37 bits per heavy atom. The number of aromatic amines is 3. The van der Waals surface area contributed by atoms with E-state index in [0.29, 0.717) is 0 Å². The predicted octanol–water partition coefficient (Wildman–Crippen LogP) is 6.59. The summed E-state index contributed by atoms with van der Waals surface area (Å²) < 4.78 is 0. The van der Waals surface area contributed by atoms with Gasteiger partial charge in [-0.1, -0.05) is 36.4 Å². The van der Waals surface area contributed by atoms with E-state index in [-0.39, 0.29) is 0 Å². The highest BCUT2D eigenvalue weighted by Crippen LogP contribution is 2.36. The lowest BCUT2D eigenvalue weighted by molar-refractivity contribution is 1.52. The zero-order chi connectivity index (χ0) is 17.5. The van der Waals surface area contributed by atoms with Crippen LogP contribution in [-0.4, -0.2) is 15.0 Å². The van der Waals surface area contributed by atoms with Gasteiger partial charge in [0.05, 0.1) is 0 Å². The summed E-state index contributed by atoms with van der Waals surface area (Å²) in [4.78, 5) is 10.7. The third-order valence-electron chi connectivity index (χ3n) is 5.85. The molecule has 0 aliphatic rings. The van der Waals surface area contributed by atoms with E-state index in [1.807, 2.05) is 0 Å². The molecule has 0 radical (unpaired) electrons. The van der Waals surface area contributed by atoms with Gasteiger partial charge in [-0.3, -0.25) is 0 Å². The van der Waals surface area contributed by atoms with Crippen LogP contribution in [0.25, 0.3) is 65.4 Å². The molecule has 3 nitrogen and oxygen atoms in total. The van der Waals surface area contributed by atoms with E-state index in [2.05, 4.69) is 87.7 Å². The second-order valence-electron chi connectivity index (χ2n) is 7.35. The second kappa shape index (κ2) is 4.51. The second-order valence-corrected chi connectivity index (χ2v) is 7.35. The Morgan fingerprint density at radius 1 is 0.333 bits per heavy atom. The van der Waals surface area contributed by atoms with E-state index >= 15 is 0 Å². The Labute approximate surface area is 153 Å². The van der Waals surface area contributed by atoms with E-state index in [1.54, 1.807) is 0 Å². The number of rotatable bonds is 0. The lowest BCUT2D eigenvalue weighted by Crippen LogP contribution is -1.71. The Balaban J connectivity index is 1.66. The highest BCUT2D eigenvalue weighted by atomic mass is 14.7. The zero-order valence-electron chi connectivity index (χ0n) is 14.4. The molecule has 0 spiro atoms. The summed E-state index contributed by atoms with van der Waals surface area (Å²) in [5.41, 5.74) is 7.07. The maximum atomic E-state index is 3.63. The van der Waals surface area contributed by atoms with Gasteiger partial charge in [-0.2, -0.15) is 0 Å². The topological polar surface area (TPSA) is 47.4 Å². The summed E-state index contributed by atoms with van der Waals surface area (Å²) in [6.45, 7) is 0. The normalized spacial score (nSPS) is 12.4. The molecule has 7 rings (SSSR count). The lowest BCUT2D eigenvalue weighted by atomic mass is 10.1. The summed E-state index contributed by atoms with van der Waals surface area (Å²) in [5, 5.41) is 7.61. The van der Waals surface area contributed by atoms with Crippen molar-refractivity contribution in [2.24, 2.45) is 0 Å². The van der Waals surface area contributed by atoms with Crippen LogP contribution in [-0.2, 0) is 0 Å². The van der Waals surface area contributed by atoms with Gasteiger partial charge in [-0.15, -0.1) is 0 Å². The summed E-state index contributed by atoms with van der Waals surface area (Å²) in [6, 6.07) is 26.1. The molecule has 27 heavy (non-hydrogen) atoms. The maximum absolute atomic E-state index is 3.63. The average molecular weight is 345 g/mol. The first-order valence-corrected chi connectivity index (χ1v) is 9.21. The molecule has 3 heteroatoms. The molecule has 0 fully saturated rings. The van der Waals surface area contributed by atoms with E-state index in [9.17, 15) is 0 Å². The smallest absolute Gasteiger partial charge is 0.0486 e. The Kier molecular flexibility index (Phi) is 2.25. The minimum atomic E-state index is 1.17. The largest absolute Gasteiger partial charge is 0.354 e. The Morgan fingerprint density at radius 2 is 0.741 bits per heavy atom. The summed E-state index contributed by atoms with van der Waals surface area (Å²) in [5.74, 6) is 0. The molecule has 4 aromatic carbocycles. The molecule has 126 valence electrons. The molecule has 7 aromatic rings. The number of nitrogens with one attached hydrogen (secondary N) is 3. The van der Waals surface area contributed by atoms with Gasteiger partial charge in [0.15, 0.2) is 0 Å². The molecule has 0 saturated carbocycles. The van der Waals surface area contributed by atoms with Gasteiger partial charge in [0, 0.05) is 65.4 Å². The van der Waals surface area contributed by atoms with Gasteiger partial charge in [-0.25, -0.2) is 0 Å². The number of H-pyrrole nitrogens is 3. The number of hydrogen-bond donors (Lipinski definition) is 3. The van der Waals surface area contributed by atoms with Crippen LogP contribution in [0.1, 0.15) is 0 Å². The summed E-state index contributed by atoms with van der Waals surface area (Å²) in [7, 11) is 0. The average Bonchev–Trinajstić information content (AvgIpc) is 3.34. The van der Waals surface area contributed by atoms with Gasteiger partial charge in [0.25, 0.3) is 0 Å². The minimum absolute atomic E-state index is 1.17. The van der Waals surface area contributed by atoms with Crippen molar-refractivity contribution in [2.45, 2.75) is 0 Å². The van der Waals surface area contributed by atoms with Crippen molar-refractivity contribution in [3.63, 3.8) is 0 Å². The van der Waals surface area contributed by atoms with Gasteiger partial charge < -0.3 is 15.0 Å². The molecule has 0 atom stereocenters. The highest BCUT2D eigenvalue weighted by molar-refractivity contribution is 6.20. The first kappa shape index (κ1) is 13.5. The molecular formula is C24H15N3. The van der Waals surface area contributed by atoms with Crippen LogP contribution in [0.3, 0.4) is 0 Å².